The van der Waals surface area contributed by atoms with Crippen molar-refractivity contribution in [2.24, 2.45) is 4.99 Å². The Kier molecular flexibility index (Phi) is 5.32. The summed E-state index contributed by atoms with van der Waals surface area (Å²) in [7, 11) is 1.64. The van der Waals surface area contributed by atoms with Gasteiger partial charge < -0.3 is 14.2 Å². The number of piperidine rings is 1. The molecular weight excluding hydrogens is 419 g/mol. The maximum Gasteiger partial charge on any atom is 0.278 e. The monoisotopic (exact) mass is 444 g/mol. The summed E-state index contributed by atoms with van der Waals surface area (Å²) in [5, 5.41) is 0. The number of nitrogens with zero attached hydrogens (tertiary/aromatic N) is 4. The lowest BCUT2D eigenvalue weighted by Crippen LogP contribution is -2.51. The minimum absolute atomic E-state index is 0.183. The van der Waals surface area contributed by atoms with Gasteiger partial charge in [-0.1, -0.05) is 24.3 Å². The average Bonchev–Trinajstić information content (AvgIpc) is 3.39. The van der Waals surface area contributed by atoms with Gasteiger partial charge in [0.2, 0.25) is 0 Å². The highest BCUT2D eigenvalue weighted by molar-refractivity contribution is 6.12. The fraction of sp³-hybridized carbons (Fsp3) is 0.269. The first kappa shape index (κ1) is 21.1. The molecule has 6 nitrogen and oxygen atoms in total. The molecule has 1 fully saturated rings. The summed E-state index contributed by atoms with van der Waals surface area (Å²) < 4.78 is 21.0. The van der Waals surface area contributed by atoms with Gasteiger partial charge in [-0.25, -0.2) is 9.37 Å². The first-order chi connectivity index (χ1) is 16.0. The van der Waals surface area contributed by atoms with Crippen molar-refractivity contribution < 1.29 is 13.9 Å². The fourth-order valence-corrected chi connectivity index (χ4v) is 4.78. The number of carbonyl (C=O) groups is 1. The predicted octanol–water partition coefficient (Wildman–Crippen LogP) is 4.66. The molecule has 2 aromatic carbocycles. The molecule has 7 heteroatoms. The van der Waals surface area contributed by atoms with E-state index in [1.807, 2.05) is 48.0 Å². The van der Waals surface area contributed by atoms with Crippen molar-refractivity contribution >= 4 is 17.8 Å². The van der Waals surface area contributed by atoms with Crippen LogP contribution in [0.4, 0.5) is 4.39 Å². The van der Waals surface area contributed by atoms with Crippen molar-refractivity contribution in [2.45, 2.75) is 31.7 Å². The lowest BCUT2D eigenvalue weighted by molar-refractivity contribution is -0.127. The molecule has 5 rings (SSSR count). The first-order valence-corrected chi connectivity index (χ1v) is 11.1. The van der Waals surface area contributed by atoms with Crippen LogP contribution in [0.5, 0.6) is 5.75 Å². The van der Waals surface area contributed by atoms with Crippen molar-refractivity contribution in [3.63, 3.8) is 0 Å². The number of carbonyl (C=O) groups excluding carboxylic acids is 1. The molecule has 168 valence electrons. The second-order valence-corrected chi connectivity index (χ2v) is 8.44. The number of fused-ring (bicyclic) bond motifs is 1. The van der Waals surface area contributed by atoms with Gasteiger partial charge in [0, 0.05) is 12.7 Å². The van der Waals surface area contributed by atoms with E-state index in [9.17, 15) is 9.18 Å². The smallest absolute Gasteiger partial charge is 0.278 e. The van der Waals surface area contributed by atoms with Gasteiger partial charge in [-0.2, -0.15) is 4.99 Å². The number of methoxy groups -OCH3 is 1. The van der Waals surface area contributed by atoms with Gasteiger partial charge in [-0.05, 0) is 67.7 Å². The van der Waals surface area contributed by atoms with Gasteiger partial charge in [-0.3, -0.25) is 4.79 Å². The van der Waals surface area contributed by atoms with Gasteiger partial charge in [0.15, 0.2) is 0 Å². The van der Waals surface area contributed by atoms with Crippen molar-refractivity contribution in [3.8, 4) is 11.4 Å². The Morgan fingerprint density at radius 3 is 2.67 bits per heavy atom. The van der Waals surface area contributed by atoms with E-state index in [-0.39, 0.29) is 11.7 Å². The summed E-state index contributed by atoms with van der Waals surface area (Å²) in [6, 6.07) is 12.1. The number of aromatic nitrogens is 2. The van der Waals surface area contributed by atoms with E-state index in [0.29, 0.717) is 12.3 Å². The minimum atomic E-state index is -0.841. The van der Waals surface area contributed by atoms with Gasteiger partial charge in [-0.15, -0.1) is 0 Å². The molecule has 3 aromatic rings. The summed E-state index contributed by atoms with van der Waals surface area (Å²) in [5.74, 6) is 0.860. The third-order valence-electron chi connectivity index (χ3n) is 6.42. The number of halogens is 1. The van der Waals surface area contributed by atoms with Crippen LogP contribution < -0.4 is 4.74 Å². The van der Waals surface area contributed by atoms with Crippen LogP contribution in [0.3, 0.4) is 0 Å². The lowest BCUT2D eigenvalue weighted by atomic mass is 9.80. The Morgan fingerprint density at radius 1 is 1.12 bits per heavy atom. The largest absolute Gasteiger partial charge is 0.495 e. The number of benzene rings is 2. The van der Waals surface area contributed by atoms with Crippen LogP contribution in [0.15, 0.2) is 66.1 Å². The van der Waals surface area contributed by atoms with E-state index in [1.165, 1.54) is 12.1 Å². The minimum Gasteiger partial charge on any atom is -0.495 e. The Morgan fingerprint density at radius 2 is 1.94 bits per heavy atom. The van der Waals surface area contributed by atoms with Gasteiger partial charge in [0.25, 0.3) is 5.91 Å². The summed E-state index contributed by atoms with van der Waals surface area (Å²) in [5.41, 5.74) is 2.71. The molecule has 3 heterocycles. The third kappa shape index (κ3) is 3.63. The van der Waals surface area contributed by atoms with Crippen LogP contribution >= 0.6 is 0 Å². The molecular formula is C26H25FN4O2. The maximum atomic E-state index is 13.5. The Bertz CT molecular complexity index is 1260. The van der Waals surface area contributed by atoms with E-state index in [4.69, 9.17) is 4.74 Å². The van der Waals surface area contributed by atoms with Crippen LogP contribution in [-0.4, -0.2) is 39.8 Å². The van der Waals surface area contributed by atoms with E-state index >= 15 is 0 Å². The number of amidine groups is 1. The van der Waals surface area contributed by atoms with Crippen LogP contribution in [0.1, 0.15) is 36.1 Å². The Labute approximate surface area is 192 Å². The van der Waals surface area contributed by atoms with Crippen molar-refractivity contribution in [3.05, 3.63) is 83.7 Å². The van der Waals surface area contributed by atoms with E-state index in [1.54, 1.807) is 25.6 Å². The van der Waals surface area contributed by atoms with E-state index in [2.05, 4.69) is 14.9 Å². The molecule has 0 radical (unpaired) electrons. The van der Waals surface area contributed by atoms with Crippen molar-refractivity contribution in [1.29, 1.82) is 0 Å². The average molecular weight is 445 g/mol. The fourth-order valence-electron chi connectivity index (χ4n) is 4.78. The summed E-state index contributed by atoms with van der Waals surface area (Å²) in [4.78, 5) is 23.9. The Balaban J connectivity index is 1.44. The second kappa shape index (κ2) is 8.31. The number of aryl methyl sites for hydroxylation is 1. The molecule has 0 N–H and O–H groups in total. The zero-order valence-electron chi connectivity index (χ0n) is 18.7. The molecule has 1 amide bonds. The molecule has 33 heavy (non-hydrogen) atoms. The molecule has 0 saturated carbocycles. The Hall–Kier alpha value is -3.74. The molecule has 1 aromatic heterocycles. The second-order valence-electron chi connectivity index (χ2n) is 8.44. The number of aliphatic imine (C=N–C) groups is 1. The van der Waals surface area contributed by atoms with Crippen molar-refractivity contribution in [2.75, 3.05) is 13.7 Å². The number of hydrogen-bond acceptors (Lipinski definition) is 4. The standard InChI is InChI=1S/C26H25FN4O2/c1-18-16-30(17-28-18)22-11-5-19(15-23(22)33-2)6-12-24-29-25(32)26(13-3-4-14-31(24)26)20-7-9-21(27)10-8-20/h5-12,15-17H,3-4,13-14H2,1-2H3/b12-6+. The summed E-state index contributed by atoms with van der Waals surface area (Å²) in [6.07, 6.45) is 10.1. The third-order valence-corrected chi connectivity index (χ3v) is 6.42. The SMILES string of the molecule is COc1cc(/C=C/C2=NC(=O)C3(c4ccc(F)cc4)CCCCN23)ccc1-n1cnc(C)c1. The number of amides is 1. The highest BCUT2D eigenvalue weighted by Crippen LogP contribution is 2.43. The van der Waals surface area contributed by atoms with Gasteiger partial charge in [0.05, 0.1) is 24.8 Å². The molecule has 1 atom stereocenters. The highest BCUT2D eigenvalue weighted by atomic mass is 19.1. The summed E-state index contributed by atoms with van der Waals surface area (Å²) >= 11 is 0. The molecule has 0 aliphatic carbocycles. The molecule has 2 aliphatic rings. The van der Waals surface area contributed by atoms with E-state index < -0.39 is 5.54 Å². The van der Waals surface area contributed by atoms with Crippen LogP contribution in [0.2, 0.25) is 0 Å². The molecule has 2 aliphatic heterocycles. The topological polar surface area (TPSA) is 59.7 Å². The zero-order chi connectivity index (χ0) is 23.0. The van der Waals surface area contributed by atoms with Crippen LogP contribution in [-0.2, 0) is 10.3 Å². The number of hydrogen-bond donors (Lipinski definition) is 0. The number of rotatable bonds is 5. The molecule has 1 saturated heterocycles. The van der Waals surface area contributed by atoms with Gasteiger partial charge in [0.1, 0.15) is 22.9 Å². The zero-order valence-corrected chi connectivity index (χ0v) is 18.7. The predicted molar refractivity (Wildman–Crippen MR) is 125 cm³/mol. The quantitative estimate of drug-likeness (QED) is 0.574. The normalized spacial score (nSPS) is 20.3. The number of ether oxygens (including phenoxy) is 1. The van der Waals surface area contributed by atoms with Crippen molar-refractivity contribution in [1.82, 2.24) is 14.5 Å². The lowest BCUT2D eigenvalue weighted by Gasteiger charge is -2.42. The first-order valence-electron chi connectivity index (χ1n) is 11.1. The van der Waals surface area contributed by atoms with Gasteiger partial charge >= 0.3 is 0 Å². The molecule has 1 unspecified atom stereocenters. The van der Waals surface area contributed by atoms with Crippen LogP contribution in [0, 0.1) is 12.7 Å². The van der Waals surface area contributed by atoms with E-state index in [0.717, 1.165) is 47.6 Å². The number of imidazole rings is 1. The molecule has 0 bridgehead atoms. The highest BCUT2D eigenvalue weighted by Gasteiger charge is 2.51. The summed E-state index contributed by atoms with van der Waals surface area (Å²) in [6.45, 7) is 2.67. The maximum absolute atomic E-state index is 13.5. The van der Waals surface area contributed by atoms with Crippen LogP contribution in [0.25, 0.3) is 11.8 Å². The molecule has 0 spiro atoms.